The van der Waals surface area contributed by atoms with Gasteiger partial charge in [0.05, 0.1) is 24.0 Å². The quantitative estimate of drug-likeness (QED) is 0.514. The summed E-state index contributed by atoms with van der Waals surface area (Å²) in [6.45, 7) is 11.3. The van der Waals surface area contributed by atoms with Crippen LogP contribution in [0.2, 0.25) is 0 Å². The molecule has 2 atom stereocenters. The van der Waals surface area contributed by atoms with E-state index in [1.165, 1.54) is 18.2 Å². The number of carbonyl (C=O) groups excluding carboxylic acids is 1. The number of hydrogen-bond donors (Lipinski definition) is 2. The van der Waals surface area contributed by atoms with Gasteiger partial charge in [0.2, 0.25) is 0 Å². The highest BCUT2D eigenvalue weighted by molar-refractivity contribution is 7.87. The molecule has 2 aliphatic rings. The van der Waals surface area contributed by atoms with E-state index in [2.05, 4.69) is 25.5 Å². The van der Waals surface area contributed by atoms with E-state index < -0.39 is 28.0 Å². The standard InChI is InChI=1S/C27H37FN4O5S.H2/c1-17(2)16-37-22-11-19(10-20(28)12-22)24-7-6-23(25(29-24)32-14-18(3)13-27(32,4)5)26(34)30-38(35,36)31-9-8-21(33)15-31;/h6-7,10-12,17-18,21,33H,8-9,13-16H2,1-5H3,(H,30,34);1H/t18-,21?;/m0./s1. The second-order valence-electron chi connectivity index (χ2n) is 11.4. The zero-order valence-electron chi connectivity index (χ0n) is 22.6. The molecule has 1 amide bonds. The summed E-state index contributed by atoms with van der Waals surface area (Å²) in [5.74, 6) is 0.0272. The number of aliphatic hydroxyl groups excluding tert-OH is 1. The summed E-state index contributed by atoms with van der Waals surface area (Å²) in [5.41, 5.74) is 0.685. The molecular weight excluding hydrogens is 511 g/mol. The molecule has 1 unspecified atom stereocenters. The van der Waals surface area contributed by atoms with E-state index in [0.717, 1.165) is 10.7 Å². The number of carbonyl (C=O) groups is 1. The van der Waals surface area contributed by atoms with Crippen LogP contribution in [0.25, 0.3) is 11.3 Å². The highest BCUT2D eigenvalue weighted by Gasteiger charge is 2.40. The van der Waals surface area contributed by atoms with Gasteiger partial charge in [0.25, 0.3) is 5.91 Å². The molecule has 2 saturated heterocycles. The minimum absolute atomic E-state index is 0. The molecule has 1 aromatic carbocycles. The van der Waals surface area contributed by atoms with E-state index >= 15 is 0 Å². The fourth-order valence-corrected chi connectivity index (χ4v) is 6.36. The zero-order valence-corrected chi connectivity index (χ0v) is 23.4. The van der Waals surface area contributed by atoms with E-state index in [4.69, 9.17) is 9.72 Å². The number of nitrogens with one attached hydrogen (secondary N) is 1. The number of aromatic nitrogens is 1. The number of benzene rings is 1. The minimum Gasteiger partial charge on any atom is -0.493 e. The third kappa shape index (κ3) is 6.27. The molecule has 2 N–H and O–H groups in total. The Morgan fingerprint density at radius 2 is 2.03 bits per heavy atom. The maximum absolute atomic E-state index is 14.5. The number of ether oxygens (including phenoxy) is 1. The van der Waals surface area contributed by atoms with Gasteiger partial charge in [-0.25, -0.2) is 14.1 Å². The summed E-state index contributed by atoms with van der Waals surface area (Å²) in [6.07, 6.45) is 0.412. The number of pyridine rings is 1. The fourth-order valence-electron chi connectivity index (χ4n) is 5.17. The molecule has 0 radical (unpaired) electrons. The Labute approximate surface area is 225 Å². The zero-order chi connectivity index (χ0) is 27.8. The summed E-state index contributed by atoms with van der Waals surface area (Å²) >= 11 is 0. The lowest BCUT2D eigenvalue weighted by Gasteiger charge is -2.34. The average molecular weight is 551 g/mol. The Balaban J connectivity index is 0.00000420. The summed E-state index contributed by atoms with van der Waals surface area (Å²) in [5, 5.41) is 9.75. The number of nitrogens with zero attached hydrogens (tertiary/aromatic N) is 3. The normalized spacial score (nSPS) is 21.7. The molecule has 4 rings (SSSR count). The number of anilines is 1. The van der Waals surface area contributed by atoms with Crippen LogP contribution in [0.5, 0.6) is 5.75 Å². The van der Waals surface area contributed by atoms with Crippen molar-refractivity contribution in [3.8, 4) is 17.0 Å². The fraction of sp³-hybridized carbons (Fsp3) is 0.556. The van der Waals surface area contributed by atoms with Gasteiger partial charge in [-0.05, 0) is 62.8 Å². The van der Waals surface area contributed by atoms with Crippen LogP contribution in [-0.4, -0.2) is 66.6 Å². The second kappa shape index (κ2) is 10.8. The lowest BCUT2D eigenvalue weighted by Crippen LogP contribution is -2.44. The highest BCUT2D eigenvalue weighted by atomic mass is 32.2. The van der Waals surface area contributed by atoms with Crippen LogP contribution in [0.1, 0.15) is 59.2 Å². The molecule has 3 heterocycles. The van der Waals surface area contributed by atoms with Crippen molar-refractivity contribution in [2.45, 2.75) is 59.1 Å². The molecule has 0 aliphatic carbocycles. The molecule has 0 saturated carbocycles. The van der Waals surface area contributed by atoms with Crippen molar-refractivity contribution in [2.75, 3.05) is 31.1 Å². The number of aliphatic hydroxyl groups is 1. The number of halogens is 1. The molecule has 0 bridgehead atoms. The van der Waals surface area contributed by atoms with Crippen molar-refractivity contribution in [2.24, 2.45) is 11.8 Å². The van der Waals surface area contributed by atoms with Gasteiger partial charge >= 0.3 is 10.2 Å². The van der Waals surface area contributed by atoms with E-state index in [9.17, 15) is 22.7 Å². The van der Waals surface area contributed by atoms with Crippen LogP contribution < -0.4 is 14.4 Å². The number of β-amino-alcohol motifs (C(OH)–C–C–N with tert-alkyl or cyclic N) is 1. The van der Waals surface area contributed by atoms with E-state index in [1.807, 2.05) is 18.7 Å². The lowest BCUT2D eigenvalue weighted by molar-refractivity contribution is 0.0979. The van der Waals surface area contributed by atoms with Crippen LogP contribution >= 0.6 is 0 Å². The van der Waals surface area contributed by atoms with Crippen LogP contribution in [0.3, 0.4) is 0 Å². The number of amides is 1. The minimum atomic E-state index is -4.15. The summed E-state index contributed by atoms with van der Waals surface area (Å²) in [6, 6.07) is 7.49. The molecular formula is C27H39FN4O5S. The van der Waals surface area contributed by atoms with Gasteiger partial charge in [-0.15, -0.1) is 0 Å². The SMILES string of the molecule is CC(C)COc1cc(F)cc(-c2ccc(C(=O)NS(=O)(=O)N3CCC(O)C3)c(N3C[C@@H](C)CC3(C)C)n2)c1.[HH]. The number of hydrogen-bond acceptors (Lipinski definition) is 7. The van der Waals surface area contributed by atoms with Gasteiger partial charge in [0.15, 0.2) is 0 Å². The summed E-state index contributed by atoms with van der Waals surface area (Å²) in [7, 11) is -4.15. The van der Waals surface area contributed by atoms with E-state index in [0.29, 0.717) is 48.3 Å². The Hall–Kier alpha value is -2.76. The first kappa shape index (κ1) is 28.3. The van der Waals surface area contributed by atoms with Crippen LogP contribution in [0.4, 0.5) is 10.2 Å². The van der Waals surface area contributed by atoms with Crippen molar-refractivity contribution in [1.82, 2.24) is 14.0 Å². The molecule has 9 nitrogen and oxygen atoms in total. The molecule has 2 aromatic rings. The Bertz CT molecular complexity index is 1310. The molecule has 38 heavy (non-hydrogen) atoms. The maximum atomic E-state index is 14.5. The predicted octanol–water partition coefficient (Wildman–Crippen LogP) is 3.83. The molecule has 2 fully saturated rings. The number of rotatable bonds is 8. The van der Waals surface area contributed by atoms with Crippen molar-refractivity contribution < 1.29 is 28.9 Å². The topological polar surface area (TPSA) is 112 Å². The van der Waals surface area contributed by atoms with Crippen molar-refractivity contribution >= 4 is 21.9 Å². The van der Waals surface area contributed by atoms with Gasteiger partial charge in [-0.1, -0.05) is 20.8 Å². The first-order valence-electron chi connectivity index (χ1n) is 13.0. The van der Waals surface area contributed by atoms with Gasteiger partial charge < -0.3 is 14.7 Å². The van der Waals surface area contributed by atoms with Crippen molar-refractivity contribution in [3.05, 3.63) is 41.7 Å². The molecule has 210 valence electrons. The Morgan fingerprint density at radius 3 is 2.63 bits per heavy atom. The monoisotopic (exact) mass is 550 g/mol. The van der Waals surface area contributed by atoms with Gasteiger partial charge in [-0.3, -0.25) is 4.79 Å². The first-order chi connectivity index (χ1) is 17.7. The van der Waals surface area contributed by atoms with Gasteiger partial charge in [-0.2, -0.15) is 12.7 Å². The highest BCUT2D eigenvalue weighted by Crippen LogP contribution is 2.38. The van der Waals surface area contributed by atoms with Gasteiger partial charge in [0.1, 0.15) is 17.4 Å². The summed E-state index contributed by atoms with van der Waals surface area (Å²) in [4.78, 5) is 20.1. The molecule has 2 aliphatic heterocycles. The Morgan fingerprint density at radius 1 is 1.29 bits per heavy atom. The van der Waals surface area contributed by atoms with Gasteiger partial charge in [0, 0.05) is 38.2 Å². The Kier molecular flexibility index (Phi) is 8.02. The summed E-state index contributed by atoms with van der Waals surface area (Å²) < 4.78 is 49.1. The van der Waals surface area contributed by atoms with Crippen LogP contribution in [-0.2, 0) is 10.2 Å². The van der Waals surface area contributed by atoms with Crippen LogP contribution in [0, 0.1) is 17.7 Å². The van der Waals surface area contributed by atoms with E-state index in [-0.39, 0.29) is 31.5 Å². The molecule has 11 heteroatoms. The van der Waals surface area contributed by atoms with Crippen LogP contribution in [0.15, 0.2) is 30.3 Å². The molecule has 1 aromatic heterocycles. The van der Waals surface area contributed by atoms with E-state index in [1.54, 1.807) is 12.1 Å². The second-order valence-corrected chi connectivity index (χ2v) is 13.1. The third-order valence-corrected chi connectivity index (χ3v) is 8.34. The first-order valence-corrected chi connectivity index (χ1v) is 14.4. The third-order valence-electron chi connectivity index (χ3n) is 6.89. The van der Waals surface area contributed by atoms with Crippen molar-refractivity contribution in [1.29, 1.82) is 0 Å². The molecule has 0 spiro atoms. The van der Waals surface area contributed by atoms with Crippen molar-refractivity contribution in [3.63, 3.8) is 0 Å². The predicted molar refractivity (Wildman–Crippen MR) is 146 cm³/mol. The largest absolute Gasteiger partial charge is 0.493 e. The maximum Gasteiger partial charge on any atom is 0.304 e. The average Bonchev–Trinajstić information content (AvgIpc) is 3.38. The lowest BCUT2D eigenvalue weighted by atomic mass is 9.97. The smallest absolute Gasteiger partial charge is 0.304 e.